The van der Waals surface area contributed by atoms with E-state index in [1.165, 1.54) is 0 Å². The number of nitrogens with one attached hydrogen (secondary N) is 1. The van der Waals surface area contributed by atoms with E-state index in [2.05, 4.69) is 33.2 Å². The van der Waals surface area contributed by atoms with Crippen LogP contribution in [0.1, 0.15) is 72.9 Å². The van der Waals surface area contributed by atoms with Gasteiger partial charge in [0.1, 0.15) is 11.6 Å². The van der Waals surface area contributed by atoms with Crippen LogP contribution in [0.25, 0.3) is 32.9 Å². The fraction of sp³-hybridized carbons (Fsp3) is 0.395. The van der Waals surface area contributed by atoms with Gasteiger partial charge in [0.25, 0.3) is 0 Å². The van der Waals surface area contributed by atoms with Gasteiger partial charge < -0.3 is 14.8 Å². The van der Waals surface area contributed by atoms with Crippen LogP contribution >= 0.6 is 23.2 Å². The van der Waals surface area contributed by atoms with Crippen molar-refractivity contribution < 1.29 is 9.18 Å². The number of likely N-dealkylation sites (tertiary alicyclic amines) is 1. The molecule has 12 heteroatoms. The highest BCUT2D eigenvalue weighted by atomic mass is 35.5. The highest BCUT2D eigenvalue weighted by Crippen LogP contribution is 2.52. The second kappa shape index (κ2) is 11.8. The molecule has 0 radical (unpaired) electrons. The summed E-state index contributed by atoms with van der Waals surface area (Å²) in [5, 5.41) is 29.4. The van der Waals surface area contributed by atoms with Crippen molar-refractivity contribution in [2.24, 2.45) is 11.8 Å². The number of aromatic nitrogens is 4. The van der Waals surface area contributed by atoms with Crippen LogP contribution < -0.4 is 5.32 Å². The second-order valence-electron chi connectivity index (χ2n) is 14.2. The summed E-state index contributed by atoms with van der Waals surface area (Å²) in [6.07, 6.45) is 5.84. The Labute approximate surface area is 298 Å². The molecule has 3 aromatic heterocycles. The standard InChI is InChI=1S/C38H33Cl2FN8O/c1-19-26-15-31(30-14-24(48-11-9-23(16-43)46-48)18-47(30)38(50)20-7-8-20)49(36-22-13-29(36)44-17-22)37(26)27-12-21(4-3-10-42)32(34(41)35(27)45-19)25-5-2-6-28(39)33(25)40/h2,5-6,9,11-12,15,20,22,24,29-30,36,44H,3-4,7-8,13-14,17-18H2,1H3/t22-,24+,29-,30-,36+/m1/s1. The van der Waals surface area contributed by atoms with Gasteiger partial charge in [-0.1, -0.05) is 35.3 Å². The third-order valence-corrected chi connectivity index (χ3v) is 12.2. The minimum absolute atomic E-state index is 0.0284. The van der Waals surface area contributed by atoms with E-state index < -0.39 is 5.82 Å². The van der Waals surface area contributed by atoms with Crippen LogP contribution in [0.2, 0.25) is 10.0 Å². The van der Waals surface area contributed by atoms with Gasteiger partial charge in [-0.25, -0.2) is 9.37 Å². The first-order valence-electron chi connectivity index (χ1n) is 17.2. The highest BCUT2D eigenvalue weighted by molar-refractivity contribution is 6.43. The number of aryl methyl sites for hydroxylation is 2. The van der Waals surface area contributed by atoms with Gasteiger partial charge in [0.15, 0.2) is 11.5 Å². The van der Waals surface area contributed by atoms with Gasteiger partial charge in [0, 0.05) is 71.0 Å². The zero-order valence-corrected chi connectivity index (χ0v) is 28.8. The molecule has 5 fully saturated rings. The Morgan fingerprint density at radius 2 is 1.98 bits per heavy atom. The Kier molecular flexibility index (Phi) is 7.44. The van der Waals surface area contributed by atoms with E-state index in [-0.39, 0.29) is 53.0 Å². The molecular formula is C38H33Cl2FN8O. The average Bonchev–Trinajstić information content (AvgIpc) is 3.60. The number of halogens is 3. The van der Waals surface area contributed by atoms with Gasteiger partial charge in [-0.05, 0) is 74.8 Å². The Bertz CT molecular complexity index is 2320. The van der Waals surface area contributed by atoms with Crippen molar-refractivity contribution in [2.45, 2.75) is 69.6 Å². The molecular weight excluding hydrogens is 674 g/mol. The zero-order valence-electron chi connectivity index (χ0n) is 27.3. The minimum atomic E-state index is -0.493. The quantitative estimate of drug-likeness (QED) is 0.186. The molecule has 2 bridgehead atoms. The lowest BCUT2D eigenvalue weighted by Crippen LogP contribution is -2.41. The SMILES string of the molecule is Cc1nc2c(F)c(-c3cccc(Cl)c3Cl)c(CCC#N)cc2c2c1cc([C@H]1C[C@H](n3ccc(C#N)n3)CN1C(=O)C1CC1)n2[C@H]1[C@H]2CN[C@@H]1C2. The molecule has 3 aliphatic heterocycles. The van der Waals surface area contributed by atoms with Gasteiger partial charge in [0.05, 0.1) is 39.8 Å². The summed E-state index contributed by atoms with van der Waals surface area (Å²) in [5.41, 5.74) is 4.64. The van der Waals surface area contributed by atoms with Crippen LogP contribution in [0.15, 0.2) is 42.6 Å². The molecule has 5 atom stereocenters. The Balaban J connectivity index is 1.29. The van der Waals surface area contributed by atoms with Crippen LogP contribution in [-0.4, -0.2) is 49.3 Å². The summed E-state index contributed by atoms with van der Waals surface area (Å²) in [5.74, 6) is 0.0939. The van der Waals surface area contributed by atoms with Crippen LogP contribution in [0, 0.1) is 47.2 Å². The molecule has 0 spiro atoms. The fourth-order valence-corrected chi connectivity index (χ4v) is 9.19. The number of hydrogen-bond donors (Lipinski definition) is 1. The first kappa shape index (κ1) is 31.5. The molecule has 1 amide bonds. The summed E-state index contributed by atoms with van der Waals surface area (Å²) < 4.78 is 21.4. The van der Waals surface area contributed by atoms with Crippen LogP contribution in [0.5, 0.6) is 0 Å². The highest BCUT2D eigenvalue weighted by Gasteiger charge is 2.51. The summed E-state index contributed by atoms with van der Waals surface area (Å²) >= 11 is 13.1. The monoisotopic (exact) mass is 706 g/mol. The molecule has 50 heavy (non-hydrogen) atoms. The number of carbonyl (C=O) groups excluding carboxylic acids is 1. The molecule has 3 saturated heterocycles. The van der Waals surface area contributed by atoms with Crippen molar-refractivity contribution >= 4 is 50.9 Å². The number of pyridine rings is 1. The molecule has 0 unspecified atom stereocenters. The van der Waals surface area contributed by atoms with E-state index in [4.69, 9.17) is 28.2 Å². The van der Waals surface area contributed by atoms with E-state index >= 15 is 4.39 Å². The molecule has 2 saturated carbocycles. The third-order valence-electron chi connectivity index (χ3n) is 11.4. The first-order chi connectivity index (χ1) is 24.3. The molecule has 2 aromatic carbocycles. The first-order valence-corrected chi connectivity index (χ1v) is 18.0. The molecule has 2 aliphatic carbocycles. The average molecular weight is 708 g/mol. The van der Waals surface area contributed by atoms with Gasteiger partial charge in [-0.15, -0.1) is 0 Å². The number of nitriles is 2. The van der Waals surface area contributed by atoms with Crippen molar-refractivity contribution in [2.75, 3.05) is 13.1 Å². The van der Waals surface area contributed by atoms with Crippen molar-refractivity contribution in [1.82, 2.24) is 29.5 Å². The zero-order chi connectivity index (χ0) is 34.4. The molecule has 6 heterocycles. The molecule has 1 N–H and O–H groups in total. The van der Waals surface area contributed by atoms with Crippen molar-refractivity contribution in [3.63, 3.8) is 0 Å². The molecule has 5 aliphatic rings. The van der Waals surface area contributed by atoms with Crippen molar-refractivity contribution in [3.05, 3.63) is 81.1 Å². The minimum Gasteiger partial charge on any atom is -0.337 e. The Morgan fingerprint density at radius 3 is 2.68 bits per heavy atom. The number of fused-ring (bicyclic) bond motifs is 4. The topological polar surface area (TPSA) is 116 Å². The normalized spacial score (nSPS) is 24.1. The summed E-state index contributed by atoms with van der Waals surface area (Å²) in [6, 6.07) is 15.4. The molecule has 10 rings (SSSR count). The lowest BCUT2D eigenvalue weighted by Gasteiger charge is -2.39. The summed E-state index contributed by atoms with van der Waals surface area (Å²) in [4.78, 5) is 20.9. The summed E-state index contributed by atoms with van der Waals surface area (Å²) in [6.45, 7) is 3.31. The maximum Gasteiger partial charge on any atom is 0.226 e. The van der Waals surface area contributed by atoms with E-state index in [1.807, 2.05) is 28.8 Å². The molecule has 9 nitrogen and oxygen atoms in total. The van der Waals surface area contributed by atoms with Gasteiger partial charge in [-0.2, -0.15) is 15.6 Å². The lowest BCUT2D eigenvalue weighted by atomic mass is 9.79. The van der Waals surface area contributed by atoms with Gasteiger partial charge in [0.2, 0.25) is 5.91 Å². The second-order valence-corrected chi connectivity index (χ2v) is 15.0. The number of benzene rings is 2. The molecule has 252 valence electrons. The number of nitrogens with zero attached hydrogens (tertiary/aromatic N) is 7. The van der Waals surface area contributed by atoms with Crippen LogP contribution in [0.3, 0.4) is 0 Å². The predicted molar refractivity (Wildman–Crippen MR) is 188 cm³/mol. The van der Waals surface area contributed by atoms with E-state index in [0.29, 0.717) is 63.8 Å². The van der Waals surface area contributed by atoms with Crippen molar-refractivity contribution in [1.29, 1.82) is 10.5 Å². The van der Waals surface area contributed by atoms with Gasteiger partial charge in [-0.3, -0.25) is 9.48 Å². The number of carbonyl (C=O) groups is 1. The van der Waals surface area contributed by atoms with Crippen LogP contribution in [0.4, 0.5) is 4.39 Å². The van der Waals surface area contributed by atoms with E-state index in [0.717, 1.165) is 42.4 Å². The number of hydrogen-bond acceptors (Lipinski definition) is 6. The smallest absolute Gasteiger partial charge is 0.226 e. The number of amides is 1. The summed E-state index contributed by atoms with van der Waals surface area (Å²) in [7, 11) is 0. The Hall–Kier alpha value is -4.48. The van der Waals surface area contributed by atoms with E-state index in [9.17, 15) is 15.3 Å². The predicted octanol–water partition coefficient (Wildman–Crippen LogP) is 7.59. The van der Waals surface area contributed by atoms with Gasteiger partial charge >= 0.3 is 0 Å². The Morgan fingerprint density at radius 1 is 1.14 bits per heavy atom. The number of rotatable bonds is 7. The molecule has 5 aromatic rings. The third kappa shape index (κ3) is 4.76. The van der Waals surface area contributed by atoms with E-state index in [1.54, 1.807) is 24.3 Å². The fourth-order valence-electron chi connectivity index (χ4n) is 8.79. The lowest BCUT2D eigenvalue weighted by molar-refractivity contribution is -0.133. The van der Waals surface area contributed by atoms with Crippen LogP contribution in [-0.2, 0) is 11.2 Å². The maximum absolute atomic E-state index is 17.1. The largest absolute Gasteiger partial charge is 0.337 e. The van der Waals surface area contributed by atoms with Crippen molar-refractivity contribution in [3.8, 4) is 23.3 Å². The maximum atomic E-state index is 17.1.